The fraction of sp³-hybridized carbons (Fsp3) is 0.400. The molecule has 0 spiro atoms. The molecule has 0 aliphatic carbocycles. The molecule has 118 valence electrons. The first-order valence-electron chi connectivity index (χ1n) is 7.02. The Balaban J connectivity index is 2.07. The summed E-state index contributed by atoms with van der Waals surface area (Å²) in [4.78, 5) is 12.4. The highest BCUT2D eigenvalue weighted by Gasteiger charge is 2.21. The van der Waals surface area contributed by atoms with Crippen molar-refractivity contribution in [1.82, 2.24) is 14.8 Å². The van der Waals surface area contributed by atoms with Gasteiger partial charge < -0.3 is 4.74 Å². The molecule has 1 atom stereocenters. The van der Waals surface area contributed by atoms with Gasteiger partial charge in [-0.3, -0.25) is 14.7 Å². The number of thioether (sulfide) groups is 1. The second-order valence-electron chi connectivity index (χ2n) is 4.89. The average molecular weight is 320 g/mol. The molecular formula is C15H20N4O2S. The lowest BCUT2D eigenvalue weighted by molar-refractivity contribution is -0.122. The molecule has 0 fully saturated rings. The van der Waals surface area contributed by atoms with E-state index in [0.29, 0.717) is 18.1 Å². The molecule has 1 heterocycles. The van der Waals surface area contributed by atoms with E-state index in [9.17, 15) is 4.79 Å². The van der Waals surface area contributed by atoms with Crippen molar-refractivity contribution >= 4 is 23.6 Å². The summed E-state index contributed by atoms with van der Waals surface area (Å²) in [6, 6.07) is 7.64. The molecule has 0 radical (unpaired) electrons. The van der Waals surface area contributed by atoms with Gasteiger partial charge >= 0.3 is 0 Å². The number of ether oxygens (including phenoxy) is 1. The number of rotatable bonds is 6. The van der Waals surface area contributed by atoms with Gasteiger partial charge in [0.15, 0.2) is 11.3 Å². The van der Waals surface area contributed by atoms with Crippen LogP contribution in [-0.4, -0.2) is 33.0 Å². The number of amides is 1. The topological polar surface area (TPSA) is 69.0 Å². The lowest BCUT2D eigenvalue weighted by atomic mass is 10.2. The highest BCUT2D eigenvalue weighted by molar-refractivity contribution is 7.98. The fourth-order valence-corrected chi connectivity index (χ4v) is 2.45. The Morgan fingerprint density at radius 1 is 1.45 bits per heavy atom. The Labute approximate surface area is 134 Å². The van der Waals surface area contributed by atoms with E-state index in [2.05, 4.69) is 15.5 Å². The summed E-state index contributed by atoms with van der Waals surface area (Å²) in [5.41, 5.74) is 1.09. The number of benzene rings is 1. The van der Waals surface area contributed by atoms with Gasteiger partial charge in [-0.05, 0) is 37.3 Å². The molecule has 2 rings (SSSR count). The van der Waals surface area contributed by atoms with Crippen LogP contribution in [-0.2, 0) is 11.8 Å². The monoisotopic (exact) mass is 320 g/mol. The molecule has 1 aromatic heterocycles. The third-order valence-electron chi connectivity index (χ3n) is 3.18. The molecule has 22 heavy (non-hydrogen) atoms. The standard InChI is InChI=1S/C15H20N4O2S/c1-5-12(21-11-8-6-7-10(2)9-11)13(20)16-14-17-18-15(22-4)19(14)3/h6-9,12H,5H2,1-4H3,(H,16,17,20). The Bertz CT molecular complexity index is 657. The van der Waals surface area contributed by atoms with Crippen LogP contribution in [0.1, 0.15) is 18.9 Å². The van der Waals surface area contributed by atoms with Crippen molar-refractivity contribution in [3.63, 3.8) is 0 Å². The molecular weight excluding hydrogens is 300 g/mol. The summed E-state index contributed by atoms with van der Waals surface area (Å²) in [6.45, 7) is 3.89. The van der Waals surface area contributed by atoms with Gasteiger partial charge in [0.05, 0.1) is 0 Å². The fourth-order valence-electron chi connectivity index (χ4n) is 1.97. The molecule has 0 aliphatic rings. The molecule has 1 amide bonds. The van der Waals surface area contributed by atoms with Crippen molar-refractivity contribution in [2.24, 2.45) is 7.05 Å². The quantitative estimate of drug-likeness (QED) is 0.829. The van der Waals surface area contributed by atoms with Gasteiger partial charge in [-0.2, -0.15) is 0 Å². The van der Waals surface area contributed by atoms with E-state index in [1.165, 1.54) is 11.8 Å². The number of nitrogens with zero attached hydrogens (tertiary/aromatic N) is 3. The maximum Gasteiger partial charge on any atom is 0.267 e. The maximum atomic E-state index is 12.4. The SMILES string of the molecule is CCC(Oc1cccc(C)c1)C(=O)Nc1nnc(SC)n1C. The minimum absolute atomic E-state index is 0.229. The lowest BCUT2D eigenvalue weighted by Gasteiger charge is -2.17. The van der Waals surface area contributed by atoms with E-state index >= 15 is 0 Å². The second kappa shape index (κ2) is 7.31. The smallest absolute Gasteiger partial charge is 0.267 e. The molecule has 1 unspecified atom stereocenters. The molecule has 0 bridgehead atoms. The Morgan fingerprint density at radius 3 is 2.82 bits per heavy atom. The Morgan fingerprint density at radius 2 is 2.23 bits per heavy atom. The number of carbonyl (C=O) groups excluding carboxylic acids is 1. The summed E-state index contributed by atoms with van der Waals surface area (Å²) in [5.74, 6) is 0.873. The van der Waals surface area contributed by atoms with Gasteiger partial charge in [-0.1, -0.05) is 30.8 Å². The zero-order chi connectivity index (χ0) is 16.1. The largest absolute Gasteiger partial charge is 0.481 e. The van der Waals surface area contributed by atoms with Crippen LogP contribution >= 0.6 is 11.8 Å². The van der Waals surface area contributed by atoms with Gasteiger partial charge in [-0.25, -0.2) is 0 Å². The summed E-state index contributed by atoms with van der Waals surface area (Å²) in [5, 5.41) is 11.5. The van der Waals surface area contributed by atoms with Crippen LogP contribution in [0.15, 0.2) is 29.4 Å². The van der Waals surface area contributed by atoms with Crippen LogP contribution in [0.25, 0.3) is 0 Å². The Hall–Kier alpha value is -2.02. The molecule has 2 aromatic rings. The summed E-state index contributed by atoms with van der Waals surface area (Å²) < 4.78 is 7.51. The van der Waals surface area contributed by atoms with E-state index in [1.807, 2.05) is 51.4 Å². The normalized spacial score (nSPS) is 12.0. The van der Waals surface area contributed by atoms with Crippen molar-refractivity contribution < 1.29 is 9.53 Å². The predicted octanol–water partition coefficient (Wildman–Crippen LogP) is 2.64. The van der Waals surface area contributed by atoms with Gasteiger partial charge in [0.1, 0.15) is 5.75 Å². The van der Waals surface area contributed by atoms with Crippen LogP contribution in [0.4, 0.5) is 5.95 Å². The van der Waals surface area contributed by atoms with E-state index in [0.717, 1.165) is 10.7 Å². The Kier molecular flexibility index (Phi) is 5.43. The summed E-state index contributed by atoms with van der Waals surface area (Å²) in [6.07, 6.45) is 1.90. The molecule has 1 aromatic carbocycles. The number of aromatic nitrogens is 3. The first-order valence-corrected chi connectivity index (χ1v) is 8.25. The van der Waals surface area contributed by atoms with Crippen molar-refractivity contribution in [2.45, 2.75) is 31.5 Å². The third kappa shape index (κ3) is 3.79. The highest BCUT2D eigenvalue weighted by Crippen LogP contribution is 2.18. The van der Waals surface area contributed by atoms with E-state index in [-0.39, 0.29) is 5.91 Å². The van der Waals surface area contributed by atoms with E-state index in [4.69, 9.17) is 4.74 Å². The molecule has 7 heteroatoms. The van der Waals surface area contributed by atoms with E-state index < -0.39 is 6.10 Å². The zero-order valence-corrected chi connectivity index (χ0v) is 14.0. The third-order valence-corrected chi connectivity index (χ3v) is 3.90. The average Bonchev–Trinajstić information content (AvgIpc) is 2.85. The van der Waals surface area contributed by atoms with Crippen molar-refractivity contribution in [1.29, 1.82) is 0 Å². The van der Waals surface area contributed by atoms with Crippen LogP contribution in [0.3, 0.4) is 0 Å². The highest BCUT2D eigenvalue weighted by atomic mass is 32.2. The number of hydrogen-bond donors (Lipinski definition) is 1. The summed E-state index contributed by atoms with van der Waals surface area (Å²) in [7, 11) is 1.81. The molecule has 1 N–H and O–H groups in total. The van der Waals surface area contributed by atoms with Crippen LogP contribution in [0.2, 0.25) is 0 Å². The lowest BCUT2D eigenvalue weighted by Crippen LogP contribution is -2.33. The van der Waals surface area contributed by atoms with Crippen molar-refractivity contribution in [3.05, 3.63) is 29.8 Å². The molecule has 6 nitrogen and oxygen atoms in total. The molecule has 0 saturated carbocycles. The second-order valence-corrected chi connectivity index (χ2v) is 5.66. The minimum Gasteiger partial charge on any atom is -0.481 e. The predicted molar refractivity (Wildman–Crippen MR) is 87.3 cm³/mol. The number of hydrogen-bond acceptors (Lipinski definition) is 5. The number of aryl methyl sites for hydroxylation is 1. The van der Waals surface area contributed by atoms with Gasteiger partial charge in [0.25, 0.3) is 5.91 Å². The van der Waals surface area contributed by atoms with Gasteiger partial charge in [0.2, 0.25) is 5.95 Å². The number of nitrogens with one attached hydrogen (secondary N) is 1. The summed E-state index contributed by atoms with van der Waals surface area (Å²) >= 11 is 1.47. The van der Waals surface area contributed by atoms with Gasteiger partial charge in [0, 0.05) is 7.05 Å². The number of carbonyl (C=O) groups is 1. The first kappa shape index (κ1) is 16.4. The minimum atomic E-state index is -0.573. The van der Waals surface area contributed by atoms with Crippen LogP contribution < -0.4 is 10.1 Å². The van der Waals surface area contributed by atoms with Crippen LogP contribution in [0.5, 0.6) is 5.75 Å². The van der Waals surface area contributed by atoms with E-state index in [1.54, 1.807) is 4.57 Å². The molecule has 0 aliphatic heterocycles. The maximum absolute atomic E-state index is 12.4. The van der Waals surface area contributed by atoms with Crippen LogP contribution in [0, 0.1) is 6.92 Å². The number of anilines is 1. The first-order chi connectivity index (χ1) is 10.5. The zero-order valence-electron chi connectivity index (χ0n) is 13.2. The van der Waals surface area contributed by atoms with Crippen molar-refractivity contribution in [3.8, 4) is 5.75 Å². The molecule has 0 saturated heterocycles. The van der Waals surface area contributed by atoms with Gasteiger partial charge in [-0.15, -0.1) is 10.2 Å². The van der Waals surface area contributed by atoms with Crippen molar-refractivity contribution in [2.75, 3.05) is 11.6 Å².